The molecule has 0 bridgehead atoms. The maximum absolute atomic E-state index is 13.2. The van der Waals surface area contributed by atoms with E-state index in [1.165, 1.54) is 0 Å². The number of likely N-dealkylation sites (tertiary alicyclic amines) is 1. The molecule has 1 amide bonds. The molecule has 230 valence electrons. The maximum atomic E-state index is 13.2. The van der Waals surface area contributed by atoms with Gasteiger partial charge in [0.1, 0.15) is 34.9 Å². The molecule has 2 aliphatic rings. The molecule has 2 fully saturated rings. The molecule has 2 saturated heterocycles. The smallest absolute Gasteiger partial charge is 0.251 e. The number of aromatic nitrogens is 1. The van der Waals surface area contributed by atoms with E-state index in [0.717, 1.165) is 49.9 Å². The van der Waals surface area contributed by atoms with Crippen LogP contribution in [0.4, 0.5) is 0 Å². The number of nitriles is 1. The van der Waals surface area contributed by atoms with Gasteiger partial charge in [0.15, 0.2) is 5.58 Å². The molecule has 0 unspecified atom stereocenters. The second-order valence-corrected chi connectivity index (χ2v) is 11.7. The molecular formula is C34H37ClN4O5. The number of rotatable bonds is 7. The van der Waals surface area contributed by atoms with Crippen LogP contribution in [0.1, 0.15) is 48.5 Å². The normalized spacial score (nSPS) is 17.0. The van der Waals surface area contributed by atoms with Crippen molar-refractivity contribution in [2.24, 2.45) is 0 Å². The Morgan fingerprint density at radius 3 is 2.57 bits per heavy atom. The van der Waals surface area contributed by atoms with Crippen molar-refractivity contribution >= 4 is 29.4 Å². The topological polar surface area (TPSA) is 110 Å². The largest absolute Gasteiger partial charge is 0.496 e. The fourth-order valence-electron chi connectivity index (χ4n) is 5.78. The number of nitrogens with one attached hydrogen (secondary N) is 1. The Balaban J connectivity index is 0.00000384. The lowest BCUT2D eigenvalue weighted by molar-refractivity contribution is 0.0254. The van der Waals surface area contributed by atoms with Crippen molar-refractivity contribution < 1.29 is 23.4 Å². The molecule has 4 heterocycles. The Kier molecular flexibility index (Phi) is 9.45. The highest BCUT2D eigenvalue weighted by molar-refractivity contribution is 5.97. The number of hydrogen-bond acceptors (Lipinski definition) is 8. The summed E-state index contributed by atoms with van der Waals surface area (Å²) < 4.78 is 23.7. The summed E-state index contributed by atoms with van der Waals surface area (Å²) in [4.78, 5) is 20.0. The van der Waals surface area contributed by atoms with E-state index in [0.29, 0.717) is 58.3 Å². The third-order valence-corrected chi connectivity index (χ3v) is 8.52. The number of nitrogens with zero attached hydrogens (tertiary/aromatic N) is 3. The van der Waals surface area contributed by atoms with Crippen LogP contribution in [0, 0.1) is 11.3 Å². The lowest BCUT2D eigenvalue weighted by atomic mass is 9.89. The van der Waals surface area contributed by atoms with Gasteiger partial charge < -0.3 is 28.8 Å². The van der Waals surface area contributed by atoms with Crippen LogP contribution in [0.5, 0.6) is 11.5 Å². The predicted octanol–water partition coefficient (Wildman–Crippen LogP) is 6.24. The van der Waals surface area contributed by atoms with Crippen molar-refractivity contribution in [2.45, 2.75) is 44.2 Å². The first-order valence-electron chi connectivity index (χ1n) is 14.7. The average Bonchev–Trinajstić information content (AvgIpc) is 3.47. The summed E-state index contributed by atoms with van der Waals surface area (Å²) in [6.45, 7) is 5.34. The van der Waals surface area contributed by atoms with Gasteiger partial charge in [0.2, 0.25) is 0 Å². The van der Waals surface area contributed by atoms with Crippen molar-refractivity contribution in [1.29, 1.82) is 5.26 Å². The minimum Gasteiger partial charge on any atom is -0.496 e. The minimum atomic E-state index is -0.239. The molecule has 2 aromatic carbocycles. The molecule has 0 spiro atoms. The Morgan fingerprint density at radius 2 is 1.84 bits per heavy atom. The summed E-state index contributed by atoms with van der Waals surface area (Å²) in [5.41, 5.74) is 4.37. The number of hydrogen-bond donors (Lipinski definition) is 1. The Hall–Kier alpha value is -4.10. The number of benzene rings is 2. The monoisotopic (exact) mass is 616 g/mol. The van der Waals surface area contributed by atoms with E-state index in [1.54, 1.807) is 25.4 Å². The van der Waals surface area contributed by atoms with Gasteiger partial charge in [-0.3, -0.25) is 9.78 Å². The molecule has 10 heteroatoms. The van der Waals surface area contributed by atoms with Gasteiger partial charge in [-0.05, 0) is 68.8 Å². The van der Waals surface area contributed by atoms with Crippen LogP contribution in [-0.4, -0.2) is 67.9 Å². The van der Waals surface area contributed by atoms with Crippen LogP contribution < -0.4 is 14.8 Å². The number of carbonyl (C=O) groups is 1. The fraction of sp³-hybridized carbons (Fsp3) is 0.382. The van der Waals surface area contributed by atoms with E-state index in [2.05, 4.69) is 35.2 Å². The molecular weight excluding hydrogens is 580 g/mol. The number of ether oxygens (including phenoxy) is 3. The highest BCUT2D eigenvalue weighted by atomic mass is 35.5. The molecule has 0 aliphatic carbocycles. The first-order chi connectivity index (χ1) is 20.9. The second-order valence-electron chi connectivity index (χ2n) is 11.7. The highest BCUT2D eigenvalue weighted by Crippen LogP contribution is 2.38. The summed E-state index contributed by atoms with van der Waals surface area (Å²) in [6, 6.07) is 17.0. The quantitative estimate of drug-likeness (QED) is 0.260. The lowest BCUT2D eigenvalue weighted by Crippen LogP contribution is -2.52. The molecule has 2 aliphatic heterocycles. The SMILES string of the molecule is COc1cc(C(=O)NC2(C)CCN(C)CC2)ccc1-c1cc2nccc(-c3ccc(OC4CCOCC4)c(C#N)c3)c2o1.Cl. The van der Waals surface area contributed by atoms with Gasteiger partial charge in [-0.1, -0.05) is 6.07 Å². The molecule has 6 rings (SSSR count). The lowest BCUT2D eigenvalue weighted by Gasteiger charge is -2.38. The first kappa shape index (κ1) is 31.3. The Morgan fingerprint density at radius 1 is 1.07 bits per heavy atom. The zero-order valence-corrected chi connectivity index (χ0v) is 26.0. The van der Waals surface area contributed by atoms with E-state index in [4.69, 9.17) is 18.6 Å². The number of fused-ring (bicyclic) bond motifs is 1. The molecule has 2 aromatic heterocycles. The second kappa shape index (κ2) is 13.3. The van der Waals surface area contributed by atoms with Crippen LogP contribution in [0.25, 0.3) is 33.6 Å². The van der Waals surface area contributed by atoms with E-state index < -0.39 is 0 Å². The van der Waals surface area contributed by atoms with Crippen molar-refractivity contribution in [3.8, 4) is 40.0 Å². The van der Waals surface area contributed by atoms with Crippen molar-refractivity contribution in [1.82, 2.24) is 15.2 Å². The third kappa shape index (κ3) is 6.53. The number of piperidine rings is 1. The summed E-state index contributed by atoms with van der Waals surface area (Å²) in [5.74, 6) is 1.55. The zero-order chi connectivity index (χ0) is 30.0. The van der Waals surface area contributed by atoms with Gasteiger partial charge in [-0.2, -0.15) is 5.26 Å². The van der Waals surface area contributed by atoms with E-state index in [1.807, 2.05) is 36.4 Å². The molecule has 0 atom stereocenters. The number of amides is 1. The van der Waals surface area contributed by atoms with E-state index in [-0.39, 0.29) is 30.0 Å². The van der Waals surface area contributed by atoms with Gasteiger partial charge in [-0.15, -0.1) is 12.4 Å². The number of halogens is 1. The standard InChI is InChI=1S/C34H36N4O5.ClH/c1-34(11-14-38(2)15-12-34)37-33(39)23-4-6-27(30(19-23)40-3)31-20-28-32(43-31)26(8-13-36-28)22-5-7-29(24(18-22)21-35)42-25-9-16-41-17-10-25;/h4-8,13,18-20,25H,9-12,14-17H2,1-3H3,(H,37,39);1H. The zero-order valence-electron chi connectivity index (χ0n) is 25.2. The number of pyridine rings is 1. The Bertz CT molecular complexity index is 1680. The van der Waals surface area contributed by atoms with Gasteiger partial charge >= 0.3 is 0 Å². The van der Waals surface area contributed by atoms with Crippen molar-refractivity contribution in [3.05, 3.63) is 65.9 Å². The van der Waals surface area contributed by atoms with Crippen LogP contribution >= 0.6 is 12.4 Å². The van der Waals surface area contributed by atoms with Crippen LogP contribution in [0.2, 0.25) is 0 Å². The highest BCUT2D eigenvalue weighted by Gasteiger charge is 2.31. The molecule has 44 heavy (non-hydrogen) atoms. The van der Waals surface area contributed by atoms with E-state index in [9.17, 15) is 10.1 Å². The molecule has 9 nitrogen and oxygen atoms in total. The third-order valence-electron chi connectivity index (χ3n) is 8.52. The van der Waals surface area contributed by atoms with Crippen molar-refractivity contribution in [3.63, 3.8) is 0 Å². The first-order valence-corrected chi connectivity index (χ1v) is 14.7. The van der Waals surface area contributed by atoms with Gasteiger partial charge in [0.25, 0.3) is 5.91 Å². The fourth-order valence-corrected chi connectivity index (χ4v) is 5.78. The summed E-state index contributed by atoms with van der Waals surface area (Å²) in [5, 5.41) is 13.1. The van der Waals surface area contributed by atoms with Gasteiger partial charge in [0, 0.05) is 54.9 Å². The van der Waals surface area contributed by atoms with Gasteiger partial charge in [-0.25, -0.2) is 0 Å². The molecule has 0 saturated carbocycles. The van der Waals surface area contributed by atoms with Crippen LogP contribution in [-0.2, 0) is 4.74 Å². The van der Waals surface area contributed by atoms with E-state index >= 15 is 0 Å². The minimum absolute atomic E-state index is 0. The number of carbonyl (C=O) groups excluding carboxylic acids is 1. The molecule has 4 aromatic rings. The van der Waals surface area contributed by atoms with Crippen LogP contribution in [0.15, 0.2) is 59.1 Å². The van der Waals surface area contributed by atoms with Gasteiger partial charge in [0.05, 0.1) is 31.5 Å². The predicted molar refractivity (Wildman–Crippen MR) is 170 cm³/mol. The summed E-state index contributed by atoms with van der Waals surface area (Å²) in [6.07, 6.45) is 5.18. The number of methoxy groups -OCH3 is 1. The summed E-state index contributed by atoms with van der Waals surface area (Å²) in [7, 11) is 3.68. The molecule has 0 radical (unpaired) electrons. The van der Waals surface area contributed by atoms with Crippen molar-refractivity contribution in [2.75, 3.05) is 40.5 Å². The molecule has 1 N–H and O–H groups in total. The number of furan rings is 1. The Labute approximate surface area is 263 Å². The average molecular weight is 617 g/mol. The summed E-state index contributed by atoms with van der Waals surface area (Å²) >= 11 is 0. The van der Waals surface area contributed by atoms with Crippen LogP contribution in [0.3, 0.4) is 0 Å². The maximum Gasteiger partial charge on any atom is 0.251 e.